The zero-order valence-electron chi connectivity index (χ0n) is 1.84. The smallest absolute Gasteiger partial charge is 2.00 e. The summed E-state index contributed by atoms with van der Waals surface area (Å²) in [6.07, 6.45) is 0. The molecule has 0 N–H and O–H groups in total. The number of hydrogen-bond acceptors (Lipinski definition) is 0. The number of rotatable bonds is 0. The molecule has 0 aliphatic rings. The van der Waals surface area contributed by atoms with Gasteiger partial charge in [-0.3, -0.25) is 0 Å². The standard InChI is InChI=1S/Cr.Mg.Ni.O/q+3;2*+2;-2. The third kappa shape index (κ3) is 9.26. The van der Waals surface area contributed by atoms with E-state index < -0.39 is 0 Å². The van der Waals surface area contributed by atoms with Crippen molar-refractivity contribution < 1.29 is 39.3 Å². The van der Waals surface area contributed by atoms with E-state index >= 15 is 0 Å². The zero-order chi connectivity index (χ0) is 0. The van der Waals surface area contributed by atoms with Crippen LogP contribution in [0, 0.1) is 0 Å². The quantitative estimate of drug-likeness (QED) is 0.417. The van der Waals surface area contributed by atoms with E-state index in [0.29, 0.717) is 0 Å². The van der Waals surface area contributed by atoms with E-state index in [1.165, 1.54) is 0 Å². The summed E-state index contributed by atoms with van der Waals surface area (Å²) in [5.74, 6) is 0. The molecule has 0 saturated heterocycles. The van der Waals surface area contributed by atoms with Crippen LogP contribution in [0.4, 0.5) is 0 Å². The molecule has 0 aromatic heterocycles. The SMILES string of the molecule is [Cr+3].[Mg+2].[Ni+2].[O-2]. The van der Waals surface area contributed by atoms with E-state index in [1.807, 2.05) is 0 Å². The molecule has 0 atom stereocenters. The van der Waals surface area contributed by atoms with E-state index in [0.717, 1.165) is 0 Å². The Kier molecular flexibility index (Phi) is 231. The minimum Gasteiger partial charge on any atom is -2.00 e. The minimum atomic E-state index is 0. The molecule has 0 bridgehead atoms. The van der Waals surface area contributed by atoms with Crippen LogP contribution in [0.25, 0.3) is 0 Å². The Labute approximate surface area is 62.0 Å². The molecule has 0 aliphatic heterocycles. The van der Waals surface area contributed by atoms with Crippen LogP contribution in [0.5, 0.6) is 0 Å². The van der Waals surface area contributed by atoms with Crippen LogP contribution in [-0.2, 0) is 39.3 Å². The molecule has 1 radical (unpaired) electrons. The molecule has 4 heavy (non-hydrogen) atoms. The van der Waals surface area contributed by atoms with Crippen molar-refractivity contribution in [3.05, 3.63) is 0 Å². The van der Waals surface area contributed by atoms with Crippen molar-refractivity contribution in [1.82, 2.24) is 0 Å². The summed E-state index contributed by atoms with van der Waals surface area (Å²) in [6, 6.07) is 0. The Morgan fingerprint density at radius 1 is 1.00 bits per heavy atom. The van der Waals surface area contributed by atoms with Gasteiger partial charge in [-0.25, -0.2) is 0 Å². The summed E-state index contributed by atoms with van der Waals surface area (Å²) in [4.78, 5) is 0. The maximum absolute atomic E-state index is 0. The van der Waals surface area contributed by atoms with E-state index in [9.17, 15) is 0 Å². The maximum atomic E-state index is 0. The average molecular weight is 151 g/mol. The molecular weight excluding hydrogens is 151 g/mol. The van der Waals surface area contributed by atoms with Crippen molar-refractivity contribution in [2.45, 2.75) is 0 Å². The van der Waals surface area contributed by atoms with Crippen LogP contribution in [0.3, 0.4) is 0 Å². The fourth-order valence-electron chi connectivity index (χ4n) is 0. The van der Waals surface area contributed by atoms with Gasteiger partial charge in [-0.15, -0.1) is 0 Å². The van der Waals surface area contributed by atoms with Gasteiger partial charge in [0, 0.05) is 0 Å². The first kappa shape index (κ1) is 42.3. The van der Waals surface area contributed by atoms with E-state index in [4.69, 9.17) is 0 Å². The zero-order valence-corrected chi connectivity index (χ0v) is 5.52. The molecule has 0 aromatic rings. The van der Waals surface area contributed by atoms with Gasteiger partial charge in [0.2, 0.25) is 0 Å². The Balaban J connectivity index is 0. The van der Waals surface area contributed by atoms with E-state index in [2.05, 4.69) is 0 Å². The summed E-state index contributed by atoms with van der Waals surface area (Å²) in [5, 5.41) is 0. The molecular formula is CrMgNiO+5. The van der Waals surface area contributed by atoms with Crippen LogP contribution >= 0.6 is 0 Å². The molecule has 0 aliphatic carbocycles. The minimum absolute atomic E-state index is 0. The van der Waals surface area contributed by atoms with Crippen LogP contribution in [0.1, 0.15) is 0 Å². The maximum Gasteiger partial charge on any atom is 3.00 e. The Morgan fingerprint density at radius 3 is 1.00 bits per heavy atom. The second kappa shape index (κ2) is 21.8. The van der Waals surface area contributed by atoms with Crippen molar-refractivity contribution in [3.63, 3.8) is 0 Å². The van der Waals surface area contributed by atoms with Gasteiger partial charge in [-0.2, -0.15) is 0 Å². The molecule has 0 fully saturated rings. The van der Waals surface area contributed by atoms with Gasteiger partial charge in [0.25, 0.3) is 0 Å². The van der Waals surface area contributed by atoms with Crippen LogP contribution in [0.2, 0.25) is 0 Å². The first-order valence-corrected chi connectivity index (χ1v) is 0. The van der Waals surface area contributed by atoms with Crippen LogP contribution < -0.4 is 0 Å². The van der Waals surface area contributed by atoms with E-state index in [1.54, 1.807) is 0 Å². The van der Waals surface area contributed by atoms with Gasteiger partial charge in [0.15, 0.2) is 0 Å². The second-order valence-corrected chi connectivity index (χ2v) is 0. The first-order chi connectivity index (χ1) is 0. The third-order valence-electron chi connectivity index (χ3n) is 0. The van der Waals surface area contributed by atoms with Gasteiger partial charge in [0.1, 0.15) is 0 Å². The van der Waals surface area contributed by atoms with Crippen molar-refractivity contribution in [2.24, 2.45) is 0 Å². The fraction of sp³-hybridized carbons (Fsp3) is 0. The molecule has 0 amide bonds. The Hall–Kier alpha value is 1.75. The van der Waals surface area contributed by atoms with Crippen molar-refractivity contribution in [1.29, 1.82) is 0 Å². The molecule has 0 aromatic carbocycles. The van der Waals surface area contributed by atoms with Gasteiger partial charge in [0.05, 0.1) is 0 Å². The monoisotopic (exact) mass is 150 g/mol. The summed E-state index contributed by atoms with van der Waals surface area (Å²) < 4.78 is 0. The summed E-state index contributed by atoms with van der Waals surface area (Å²) in [7, 11) is 0. The van der Waals surface area contributed by atoms with Gasteiger partial charge in [-0.05, 0) is 0 Å². The summed E-state index contributed by atoms with van der Waals surface area (Å²) in [6.45, 7) is 0. The fourth-order valence-corrected chi connectivity index (χ4v) is 0. The molecule has 0 saturated carbocycles. The average Bonchev–Trinajstić information content (AvgIpc) is 0. The van der Waals surface area contributed by atoms with Gasteiger partial charge < -0.3 is 5.48 Å². The molecule has 0 spiro atoms. The Bertz CT molecular complexity index is 8.00. The first-order valence-electron chi connectivity index (χ1n) is 0. The normalized spacial score (nSPS) is 0. The number of hydrogen-bond donors (Lipinski definition) is 0. The molecule has 1 nitrogen and oxygen atoms in total. The van der Waals surface area contributed by atoms with Crippen LogP contribution in [0.15, 0.2) is 0 Å². The molecule has 0 unspecified atom stereocenters. The molecule has 4 heteroatoms. The summed E-state index contributed by atoms with van der Waals surface area (Å²) >= 11 is 0. The summed E-state index contributed by atoms with van der Waals surface area (Å²) in [5.41, 5.74) is 0. The predicted molar refractivity (Wildman–Crippen MR) is 6.44 cm³/mol. The van der Waals surface area contributed by atoms with Crippen molar-refractivity contribution in [3.8, 4) is 0 Å². The van der Waals surface area contributed by atoms with Crippen LogP contribution in [-0.4, -0.2) is 23.1 Å². The van der Waals surface area contributed by atoms with Crippen molar-refractivity contribution in [2.75, 3.05) is 0 Å². The second-order valence-electron chi connectivity index (χ2n) is 0. The predicted octanol–water partition coefficient (Wildman–Crippen LogP) is -0.505. The Morgan fingerprint density at radius 2 is 1.00 bits per heavy atom. The molecule has 0 heterocycles. The topological polar surface area (TPSA) is 28.5 Å². The third-order valence-corrected chi connectivity index (χ3v) is 0. The molecule has 0 rings (SSSR count). The van der Waals surface area contributed by atoms with Gasteiger partial charge >= 0.3 is 56.9 Å². The van der Waals surface area contributed by atoms with Gasteiger partial charge in [-0.1, -0.05) is 0 Å². The van der Waals surface area contributed by atoms with Crippen molar-refractivity contribution >= 4 is 23.1 Å². The van der Waals surface area contributed by atoms with E-state index in [-0.39, 0.29) is 62.4 Å². The largest absolute Gasteiger partial charge is 3.00 e. The molecule has 19 valence electrons.